The Morgan fingerprint density at radius 1 is 1.41 bits per heavy atom. The van der Waals surface area contributed by atoms with Gasteiger partial charge in [0.1, 0.15) is 0 Å². The van der Waals surface area contributed by atoms with Crippen molar-refractivity contribution in [2.24, 2.45) is 11.8 Å². The third-order valence-electron chi connectivity index (χ3n) is 4.44. The van der Waals surface area contributed by atoms with Crippen molar-refractivity contribution in [1.82, 2.24) is 4.90 Å². The number of fused-ring (bicyclic) bond motifs is 2. The second-order valence-electron chi connectivity index (χ2n) is 5.42. The van der Waals surface area contributed by atoms with Gasteiger partial charge in [0.15, 0.2) is 0 Å². The van der Waals surface area contributed by atoms with Crippen molar-refractivity contribution in [3.05, 3.63) is 35.6 Å². The summed E-state index contributed by atoms with van der Waals surface area (Å²) in [5, 5.41) is 0. The molecule has 92 valence electrons. The van der Waals surface area contributed by atoms with E-state index in [9.17, 15) is 0 Å². The van der Waals surface area contributed by atoms with E-state index in [0.29, 0.717) is 5.92 Å². The van der Waals surface area contributed by atoms with Crippen molar-refractivity contribution >= 4 is 0 Å². The van der Waals surface area contributed by atoms with Gasteiger partial charge in [-0.2, -0.15) is 0 Å². The molecule has 3 atom stereocenters. The number of allylic oxidation sites excluding steroid dienone is 4. The lowest BCUT2D eigenvalue weighted by molar-refractivity contribution is 0.0853. The molecule has 0 saturated carbocycles. The molecule has 2 aliphatic carbocycles. The monoisotopic (exact) mass is 231 g/mol. The van der Waals surface area contributed by atoms with Gasteiger partial charge in [-0.05, 0) is 36.8 Å². The minimum Gasteiger partial charge on any atom is -0.378 e. The van der Waals surface area contributed by atoms with Crippen molar-refractivity contribution in [1.29, 1.82) is 0 Å². The maximum atomic E-state index is 5.60. The summed E-state index contributed by atoms with van der Waals surface area (Å²) in [5.41, 5.74) is 3.00. The normalized spacial score (nSPS) is 35.9. The largest absolute Gasteiger partial charge is 0.378 e. The molecule has 1 fully saturated rings. The average molecular weight is 231 g/mol. The molecule has 3 aliphatic rings. The summed E-state index contributed by atoms with van der Waals surface area (Å²) in [7, 11) is 4.05. The Hall–Kier alpha value is -1.02. The van der Waals surface area contributed by atoms with Gasteiger partial charge in [0.05, 0.1) is 6.10 Å². The van der Waals surface area contributed by atoms with E-state index < -0.39 is 0 Å². The van der Waals surface area contributed by atoms with Crippen LogP contribution in [0.2, 0.25) is 0 Å². The fourth-order valence-electron chi connectivity index (χ4n) is 3.50. The maximum absolute atomic E-state index is 5.60. The molecule has 1 aliphatic heterocycles. The van der Waals surface area contributed by atoms with Gasteiger partial charge < -0.3 is 9.64 Å². The Morgan fingerprint density at radius 2 is 2.29 bits per heavy atom. The van der Waals surface area contributed by atoms with Crippen molar-refractivity contribution in [2.75, 3.05) is 20.7 Å². The summed E-state index contributed by atoms with van der Waals surface area (Å²) in [5.74, 6) is 1.32. The van der Waals surface area contributed by atoms with Gasteiger partial charge in [-0.1, -0.05) is 18.2 Å². The van der Waals surface area contributed by atoms with Gasteiger partial charge in [-0.15, -0.1) is 0 Å². The molecule has 0 amide bonds. The van der Waals surface area contributed by atoms with Gasteiger partial charge >= 0.3 is 0 Å². The first kappa shape index (κ1) is 11.1. The standard InChI is InChI=1S/C15H21NO/c1-16-8-4-6-12-9-13-11(10-14(12)16)5-3-7-15(13)17-2/h3,5,7,10,12-13,15H,4,6,8-9H2,1-2H3. The van der Waals surface area contributed by atoms with E-state index in [0.717, 1.165) is 5.92 Å². The third kappa shape index (κ3) is 1.85. The lowest BCUT2D eigenvalue weighted by Gasteiger charge is -2.42. The second-order valence-corrected chi connectivity index (χ2v) is 5.42. The van der Waals surface area contributed by atoms with E-state index >= 15 is 0 Å². The highest BCUT2D eigenvalue weighted by atomic mass is 16.5. The van der Waals surface area contributed by atoms with E-state index in [1.807, 2.05) is 7.11 Å². The predicted molar refractivity (Wildman–Crippen MR) is 69.6 cm³/mol. The summed E-state index contributed by atoms with van der Waals surface area (Å²) in [6, 6.07) is 0. The lowest BCUT2D eigenvalue weighted by atomic mass is 9.73. The smallest absolute Gasteiger partial charge is 0.0823 e. The second kappa shape index (κ2) is 4.34. The number of rotatable bonds is 1. The molecule has 0 bridgehead atoms. The molecule has 0 N–H and O–H groups in total. The molecule has 17 heavy (non-hydrogen) atoms. The van der Waals surface area contributed by atoms with E-state index in [2.05, 4.69) is 36.3 Å². The molecular weight excluding hydrogens is 210 g/mol. The molecule has 1 heterocycles. The molecule has 3 rings (SSSR count). The van der Waals surface area contributed by atoms with E-state index in [1.54, 1.807) is 5.70 Å². The summed E-state index contributed by atoms with van der Waals surface area (Å²) in [6.45, 7) is 1.21. The summed E-state index contributed by atoms with van der Waals surface area (Å²) < 4.78 is 5.60. The molecule has 0 aromatic carbocycles. The maximum Gasteiger partial charge on any atom is 0.0823 e. The van der Waals surface area contributed by atoms with E-state index in [1.165, 1.54) is 31.4 Å². The summed E-state index contributed by atoms with van der Waals surface area (Å²) in [6.07, 6.45) is 13.2. The van der Waals surface area contributed by atoms with Gasteiger partial charge in [0, 0.05) is 32.3 Å². The Bertz CT molecular complexity index is 394. The Balaban J connectivity index is 1.93. The van der Waals surface area contributed by atoms with Crippen molar-refractivity contribution < 1.29 is 4.74 Å². The molecule has 0 aromatic rings. The fourth-order valence-corrected chi connectivity index (χ4v) is 3.50. The van der Waals surface area contributed by atoms with Crippen LogP contribution >= 0.6 is 0 Å². The summed E-state index contributed by atoms with van der Waals surface area (Å²) >= 11 is 0. The SMILES string of the molecule is COC1C=CC=C2C=C3C(CCCN3C)CC21. The van der Waals surface area contributed by atoms with E-state index in [4.69, 9.17) is 4.74 Å². The number of nitrogens with zero attached hydrogens (tertiary/aromatic N) is 1. The number of hydrogen-bond donors (Lipinski definition) is 0. The summed E-state index contributed by atoms with van der Waals surface area (Å²) in [4.78, 5) is 2.44. The van der Waals surface area contributed by atoms with Crippen LogP contribution in [0.5, 0.6) is 0 Å². The molecule has 0 aromatic heterocycles. The number of methoxy groups -OCH3 is 1. The zero-order chi connectivity index (χ0) is 11.8. The number of likely N-dealkylation sites (tertiary alicyclic amines) is 1. The van der Waals surface area contributed by atoms with Crippen LogP contribution in [-0.2, 0) is 4.74 Å². The highest BCUT2D eigenvalue weighted by Gasteiger charge is 2.35. The van der Waals surface area contributed by atoms with Crippen LogP contribution in [0.4, 0.5) is 0 Å². The molecule has 3 unspecified atom stereocenters. The molecule has 2 nitrogen and oxygen atoms in total. The highest BCUT2D eigenvalue weighted by Crippen LogP contribution is 2.42. The zero-order valence-corrected chi connectivity index (χ0v) is 10.7. The molecule has 0 radical (unpaired) electrons. The zero-order valence-electron chi connectivity index (χ0n) is 10.7. The van der Waals surface area contributed by atoms with Crippen LogP contribution < -0.4 is 0 Å². The third-order valence-corrected chi connectivity index (χ3v) is 4.44. The van der Waals surface area contributed by atoms with Crippen LogP contribution in [0.3, 0.4) is 0 Å². The average Bonchev–Trinajstić information content (AvgIpc) is 2.36. The first-order chi connectivity index (χ1) is 8.29. The predicted octanol–water partition coefficient (Wildman–Crippen LogP) is 2.74. The van der Waals surface area contributed by atoms with Gasteiger partial charge in [0.25, 0.3) is 0 Å². The Kier molecular flexibility index (Phi) is 2.83. The molecule has 0 spiro atoms. The van der Waals surface area contributed by atoms with Crippen LogP contribution in [0.15, 0.2) is 35.6 Å². The van der Waals surface area contributed by atoms with Crippen LogP contribution in [0.1, 0.15) is 19.3 Å². The van der Waals surface area contributed by atoms with E-state index in [-0.39, 0.29) is 6.10 Å². The van der Waals surface area contributed by atoms with Gasteiger partial charge in [-0.25, -0.2) is 0 Å². The Labute approximate surface area is 104 Å². The van der Waals surface area contributed by atoms with Crippen molar-refractivity contribution in [3.8, 4) is 0 Å². The van der Waals surface area contributed by atoms with Gasteiger partial charge in [-0.3, -0.25) is 0 Å². The van der Waals surface area contributed by atoms with Crippen molar-refractivity contribution in [3.63, 3.8) is 0 Å². The fraction of sp³-hybridized carbons (Fsp3) is 0.600. The first-order valence-electron chi connectivity index (χ1n) is 6.63. The Morgan fingerprint density at radius 3 is 3.12 bits per heavy atom. The quantitative estimate of drug-likeness (QED) is 0.688. The topological polar surface area (TPSA) is 12.5 Å². The number of hydrogen-bond acceptors (Lipinski definition) is 2. The minimum absolute atomic E-state index is 0.278. The lowest BCUT2D eigenvalue weighted by Crippen LogP contribution is -2.37. The molecule has 1 saturated heterocycles. The molecular formula is C15H21NO. The highest BCUT2D eigenvalue weighted by molar-refractivity contribution is 5.38. The molecule has 2 heteroatoms. The van der Waals surface area contributed by atoms with Crippen LogP contribution in [0, 0.1) is 11.8 Å². The minimum atomic E-state index is 0.278. The van der Waals surface area contributed by atoms with Crippen molar-refractivity contribution in [2.45, 2.75) is 25.4 Å². The number of ether oxygens (including phenoxy) is 1. The first-order valence-corrected chi connectivity index (χ1v) is 6.63. The van der Waals surface area contributed by atoms with Gasteiger partial charge in [0.2, 0.25) is 0 Å². The van der Waals surface area contributed by atoms with Crippen LogP contribution in [0.25, 0.3) is 0 Å². The number of piperidine rings is 1. The van der Waals surface area contributed by atoms with Crippen LogP contribution in [-0.4, -0.2) is 31.7 Å².